The molecule has 0 radical (unpaired) electrons. The van der Waals surface area contributed by atoms with Gasteiger partial charge in [-0.1, -0.05) is 146 Å². The zero-order valence-electron chi connectivity index (χ0n) is 30.9. The minimum atomic E-state index is -0.143. The third-order valence-corrected chi connectivity index (χ3v) is 13.1. The third kappa shape index (κ3) is 5.22. The molecule has 0 saturated heterocycles. The zero-order valence-corrected chi connectivity index (χ0v) is 31.7. The smallest absolute Gasteiger partial charge is 0.143 e. The van der Waals surface area contributed by atoms with Gasteiger partial charge in [0, 0.05) is 64.5 Å². The van der Waals surface area contributed by atoms with Gasteiger partial charge in [-0.2, -0.15) is 0 Å². The number of thiophene rings is 1. The van der Waals surface area contributed by atoms with Crippen LogP contribution in [0, 0.1) is 5.92 Å². The maximum Gasteiger partial charge on any atom is 0.143 e. The molecule has 3 aromatic heterocycles. The van der Waals surface area contributed by atoms with E-state index >= 15 is 0 Å². The van der Waals surface area contributed by atoms with Gasteiger partial charge >= 0.3 is 0 Å². The number of nitrogens with one attached hydrogen (secondary N) is 2. The monoisotopic (exact) mass is 752 g/mol. The molecule has 12 rings (SSSR count). The Labute approximate surface area is 332 Å². The summed E-state index contributed by atoms with van der Waals surface area (Å²) in [5.74, 6) is 1.15. The molecule has 0 fully saturated rings. The van der Waals surface area contributed by atoms with Gasteiger partial charge in [-0.15, -0.1) is 11.3 Å². The molecule has 7 aromatic carbocycles. The number of amidine groups is 1. The van der Waals surface area contributed by atoms with Crippen LogP contribution in [-0.4, -0.2) is 16.6 Å². The molecule has 0 bridgehead atoms. The standard InChI is InChI=1S/C51H36N4OS/c1-3-13-31(14-4-1)49-52-50(32-15-5-2-6-16-32)54-51(53-49)33-25-28-46-42(29-33)40-22-12-21-39(48(40)57-46)37-19-11-20-38-41-30-34(26-27-45(41)56-47(37)38)55-43-23-9-7-17-35(43)36-18-8-10-24-44(36)55/h1-24,26-30,33,49,51,53H,25H2,(H,52,54). The number of aromatic nitrogens is 1. The normalized spacial score (nSPS) is 18.0. The van der Waals surface area contributed by atoms with Crippen LogP contribution in [0.3, 0.4) is 0 Å². The van der Waals surface area contributed by atoms with Gasteiger partial charge in [-0.25, -0.2) is 4.99 Å². The highest BCUT2D eigenvalue weighted by Crippen LogP contribution is 2.41. The lowest BCUT2D eigenvalue weighted by molar-refractivity contribution is 0.342. The fraction of sp³-hybridized carbons (Fsp3) is 0.0784. The predicted octanol–water partition coefficient (Wildman–Crippen LogP) is 10.8. The Balaban J connectivity index is 0.949. The molecule has 0 spiro atoms. The van der Waals surface area contributed by atoms with Crippen molar-refractivity contribution >= 4 is 83.2 Å². The van der Waals surface area contributed by atoms with Gasteiger partial charge in [-0.3, -0.25) is 5.32 Å². The summed E-state index contributed by atoms with van der Waals surface area (Å²) < 4.78 is 11.8. The van der Waals surface area contributed by atoms with E-state index in [4.69, 9.17) is 9.41 Å². The SMILES string of the molecule is C1=c2sc3c(-c4cccc5c4oc4ccc(-n6c7ccccc7c7ccccc76)cc45)cccc3c2=CC(C2NC(c3ccccc3)=NC(c3ccccc3)N2)C1. The summed E-state index contributed by atoms with van der Waals surface area (Å²) in [5, 5.41) is 15.0. The number of rotatable bonds is 5. The fourth-order valence-corrected chi connectivity index (χ4v) is 10.4. The second-order valence-electron chi connectivity index (χ2n) is 15.1. The molecule has 10 aromatic rings. The van der Waals surface area contributed by atoms with E-state index in [0.717, 1.165) is 56.6 Å². The van der Waals surface area contributed by atoms with Crippen molar-refractivity contribution in [1.82, 2.24) is 15.2 Å². The minimum Gasteiger partial charge on any atom is -0.455 e. The lowest BCUT2D eigenvalue weighted by Gasteiger charge is -2.35. The topological polar surface area (TPSA) is 54.5 Å². The number of benzene rings is 7. The quantitative estimate of drug-likeness (QED) is 0.184. The second-order valence-corrected chi connectivity index (χ2v) is 16.2. The molecule has 1 aliphatic carbocycles. The van der Waals surface area contributed by atoms with E-state index < -0.39 is 0 Å². The average Bonchev–Trinajstić information content (AvgIpc) is 3.96. The Hall–Kier alpha value is -6.73. The average molecular weight is 753 g/mol. The second kappa shape index (κ2) is 12.9. The summed E-state index contributed by atoms with van der Waals surface area (Å²) >= 11 is 1.89. The van der Waals surface area contributed by atoms with Crippen LogP contribution >= 0.6 is 11.3 Å². The van der Waals surface area contributed by atoms with Gasteiger partial charge in [0.2, 0.25) is 0 Å². The molecular weight excluding hydrogens is 717 g/mol. The highest BCUT2D eigenvalue weighted by molar-refractivity contribution is 7.17. The van der Waals surface area contributed by atoms with Gasteiger partial charge in [0.15, 0.2) is 0 Å². The van der Waals surface area contributed by atoms with Gasteiger partial charge in [-0.05, 0) is 47.5 Å². The first-order chi connectivity index (χ1) is 28.2. The first kappa shape index (κ1) is 32.5. The van der Waals surface area contributed by atoms with Crippen LogP contribution in [0.25, 0.3) is 82.8 Å². The van der Waals surface area contributed by atoms with Gasteiger partial charge in [0.05, 0.1) is 17.2 Å². The van der Waals surface area contributed by atoms with Crippen molar-refractivity contribution in [2.75, 3.05) is 0 Å². The molecule has 6 heteroatoms. The van der Waals surface area contributed by atoms with Crippen molar-refractivity contribution in [2.24, 2.45) is 10.9 Å². The zero-order chi connectivity index (χ0) is 37.5. The number of hydrogen-bond acceptors (Lipinski definition) is 5. The molecule has 4 heterocycles. The molecule has 3 atom stereocenters. The number of nitrogens with zero attached hydrogens (tertiary/aromatic N) is 2. The first-order valence-corrected chi connectivity index (χ1v) is 20.5. The van der Waals surface area contributed by atoms with E-state index in [1.807, 2.05) is 11.3 Å². The molecule has 2 aliphatic rings. The number of fused-ring (bicyclic) bond motifs is 9. The van der Waals surface area contributed by atoms with Crippen LogP contribution < -0.4 is 20.4 Å². The summed E-state index contributed by atoms with van der Waals surface area (Å²) in [4.78, 5) is 5.14. The van der Waals surface area contributed by atoms with Crippen LogP contribution in [0.1, 0.15) is 23.7 Å². The van der Waals surface area contributed by atoms with Crippen molar-refractivity contribution < 1.29 is 4.42 Å². The molecule has 2 N–H and O–H groups in total. The van der Waals surface area contributed by atoms with E-state index in [9.17, 15) is 0 Å². The molecule has 1 aliphatic heterocycles. The van der Waals surface area contributed by atoms with Gasteiger partial charge in [0.1, 0.15) is 23.2 Å². The number of furan rings is 1. The van der Waals surface area contributed by atoms with Crippen molar-refractivity contribution in [3.05, 3.63) is 185 Å². The minimum absolute atomic E-state index is 0.00199. The largest absolute Gasteiger partial charge is 0.455 e. The van der Waals surface area contributed by atoms with Crippen LogP contribution in [0.2, 0.25) is 0 Å². The van der Waals surface area contributed by atoms with Gasteiger partial charge in [0.25, 0.3) is 0 Å². The van der Waals surface area contributed by atoms with E-state index in [1.165, 1.54) is 47.2 Å². The molecule has 3 unspecified atom stereocenters. The Bertz CT molecular complexity index is 3300. The first-order valence-electron chi connectivity index (χ1n) is 19.6. The Morgan fingerprint density at radius 3 is 2.11 bits per heavy atom. The molecule has 57 heavy (non-hydrogen) atoms. The van der Waals surface area contributed by atoms with Crippen LogP contribution in [0.5, 0.6) is 0 Å². The van der Waals surface area contributed by atoms with E-state index in [2.05, 4.69) is 191 Å². The Kier molecular flexibility index (Phi) is 7.37. The van der Waals surface area contributed by atoms with Gasteiger partial charge < -0.3 is 14.3 Å². The molecule has 0 amide bonds. The molecule has 5 nitrogen and oxygen atoms in total. The van der Waals surface area contributed by atoms with Crippen molar-refractivity contribution in [1.29, 1.82) is 0 Å². The van der Waals surface area contributed by atoms with Crippen LogP contribution in [0.4, 0.5) is 0 Å². The van der Waals surface area contributed by atoms with Crippen LogP contribution in [0.15, 0.2) is 173 Å². The Morgan fingerprint density at radius 1 is 0.632 bits per heavy atom. The molecule has 0 saturated carbocycles. The number of aliphatic imine (C=N–C) groups is 1. The van der Waals surface area contributed by atoms with E-state index in [-0.39, 0.29) is 18.2 Å². The third-order valence-electron chi connectivity index (χ3n) is 11.8. The summed E-state index contributed by atoms with van der Waals surface area (Å²) in [7, 11) is 0. The Morgan fingerprint density at radius 2 is 1.32 bits per heavy atom. The molecular formula is C51H36N4OS. The van der Waals surface area contributed by atoms with Crippen molar-refractivity contribution in [2.45, 2.75) is 18.8 Å². The molecule has 272 valence electrons. The maximum absolute atomic E-state index is 6.78. The van der Waals surface area contributed by atoms with Crippen molar-refractivity contribution in [3.8, 4) is 16.8 Å². The summed E-state index contributed by atoms with van der Waals surface area (Å²) in [6.45, 7) is 0. The lowest BCUT2D eigenvalue weighted by atomic mass is 9.93. The number of para-hydroxylation sites is 3. The van der Waals surface area contributed by atoms with E-state index in [0.29, 0.717) is 0 Å². The highest BCUT2D eigenvalue weighted by atomic mass is 32.1. The predicted molar refractivity (Wildman–Crippen MR) is 237 cm³/mol. The van der Waals surface area contributed by atoms with Crippen LogP contribution in [-0.2, 0) is 0 Å². The van der Waals surface area contributed by atoms with Crippen molar-refractivity contribution in [3.63, 3.8) is 0 Å². The fourth-order valence-electron chi connectivity index (χ4n) is 9.14. The summed E-state index contributed by atoms with van der Waals surface area (Å²) in [6, 6.07) is 58.3. The highest BCUT2D eigenvalue weighted by Gasteiger charge is 2.30. The summed E-state index contributed by atoms with van der Waals surface area (Å²) in [5.41, 5.74) is 9.92. The van der Waals surface area contributed by atoms with E-state index in [1.54, 1.807) is 0 Å². The summed E-state index contributed by atoms with van der Waals surface area (Å²) in [6.07, 6.45) is 5.70. The lowest BCUT2D eigenvalue weighted by Crippen LogP contribution is -2.55. The number of hydrogen-bond donors (Lipinski definition) is 2. The maximum atomic E-state index is 6.78.